The van der Waals surface area contributed by atoms with Crippen LogP contribution in [0.25, 0.3) is 0 Å². The summed E-state index contributed by atoms with van der Waals surface area (Å²) >= 11 is 1.59. The molecule has 0 aromatic carbocycles. The second-order valence-corrected chi connectivity index (χ2v) is 9.80. The molecule has 32 heavy (non-hydrogen) atoms. The molecule has 4 rings (SSSR count). The van der Waals surface area contributed by atoms with Crippen LogP contribution in [0.4, 0.5) is 16.8 Å². The number of piperidine rings is 2. The summed E-state index contributed by atoms with van der Waals surface area (Å²) in [4.78, 5) is 26.5. The molecule has 2 aromatic rings. The van der Waals surface area contributed by atoms with Crippen molar-refractivity contribution in [2.24, 2.45) is 0 Å². The quantitative estimate of drug-likeness (QED) is 0.616. The van der Waals surface area contributed by atoms with Gasteiger partial charge in [0, 0.05) is 55.4 Å². The second kappa shape index (κ2) is 10.3. The zero-order valence-corrected chi connectivity index (χ0v) is 19.7. The number of aromatic nitrogens is 2. The number of nitrogens with one attached hydrogen (secondary N) is 2. The molecule has 0 radical (unpaired) electrons. The van der Waals surface area contributed by atoms with Crippen LogP contribution < -0.4 is 15.4 Å². The van der Waals surface area contributed by atoms with Gasteiger partial charge in [-0.3, -0.25) is 4.79 Å². The minimum absolute atomic E-state index is 0.0229. The fourth-order valence-electron chi connectivity index (χ4n) is 4.16. The van der Waals surface area contributed by atoms with E-state index in [9.17, 15) is 4.79 Å². The average molecular weight is 457 g/mol. The minimum atomic E-state index is -0.0229. The Morgan fingerprint density at radius 2 is 2.03 bits per heavy atom. The molecule has 2 aliphatic rings. The third-order valence-electron chi connectivity index (χ3n) is 5.88. The molecule has 1 unspecified atom stereocenters. The number of pyridine rings is 1. The summed E-state index contributed by atoms with van der Waals surface area (Å²) in [7, 11) is 2.15. The van der Waals surface area contributed by atoms with Gasteiger partial charge in [-0.1, -0.05) is 6.58 Å². The minimum Gasteiger partial charge on any atom is -0.490 e. The van der Waals surface area contributed by atoms with Gasteiger partial charge < -0.3 is 25.2 Å². The highest BCUT2D eigenvalue weighted by Gasteiger charge is 2.23. The number of amides is 1. The third-order valence-corrected chi connectivity index (χ3v) is 6.71. The lowest BCUT2D eigenvalue weighted by Crippen LogP contribution is -2.44. The summed E-state index contributed by atoms with van der Waals surface area (Å²) in [6, 6.07) is 4.04. The lowest BCUT2D eigenvalue weighted by Gasteiger charge is -2.33. The molecule has 2 N–H and O–H groups in total. The van der Waals surface area contributed by atoms with Crippen molar-refractivity contribution in [3.63, 3.8) is 0 Å². The van der Waals surface area contributed by atoms with Crippen LogP contribution in [0, 0.1) is 6.92 Å². The molecule has 1 atom stereocenters. The van der Waals surface area contributed by atoms with Gasteiger partial charge in [-0.05, 0) is 45.7 Å². The molecule has 0 aliphatic carbocycles. The predicted molar refractivity (Wildman–Crippen MR) is 129 cm³/mol. The molecule has 0 saturated carbocycles. The molecule has 0 bridgehead atoms. The number of nitrogens with zero attached hydrogens (tertiary/aromatic N) is 4. The Morgan fingerprint density at radius 1 is 1.25 bits per heavy atom. The smallest absolute Gasteiger partial charge is 0.246 e. The molecule has 0 spiro atoms. The van der Waals surface area contributed by atoms with E-state index in [2.05, 4.69) is 34.1 Å². The highest BCUT2D eigenvalue weighted by molar-refractivity contribution is 7.15. The van der Waals surface area contributed by atoms with Gasteiger partial charge in [-0.15, -0.1) is 11.3 Å². The third kappa shape index (κ3) is 5.98. The number of likely N-dealkylation sites (tertiary alicyclic amines) is 2. The van der Waals surface area contributed by atoms with Crippen LogP contribution in [0.5, 0.6) is 5.75 Å². The van der Waals surface area contributed by atoms with Gasteiger partial charge in [0.25, 0.3) is 0 Å². The van der Waals surface area contributed by atoms with Crippen molar-refractivity contribution in [3.8, 4) is 5.75 Å². The van der Waals surface area contributed by atoms with Crippen molar-refractivity contribution in [1.29, 1.82) is 0 Å². The topological polar surface area (TPSA) is 82.6 Å². The molecule has 172 valence electrons. The van der Waals surface area contributed by atoms with Crippen molar-refractivity contribution in [1.82, 2.24) is 19.8 Å². The van der Waals surface area contributed by atoms with E-state index in [1.807, 2.05) is 30.2 Å². The molecular weight excluding hydrogens is 424 g/mol. The second-order valence-electron chi connectivity index (χ2n) is 8.57. The Balaban J connectivity index is 1.51. The van der Waals surface area contributed by atoms with Gasteiger partial charge >= 0.3 is 0 Å². The van der Waals surface area contributed by atoms with Gasteiger partial charge in [0.2, 0.25) is 5.91 Å². The largest absolute Gasteiger partial charge is 0.490 e. The Kier molecular flexibility index (Phi) is 7.26. The number of rotatable bonds is 7. The van der Waals surface area contributed by atoms with E-state index in [-0.39, 0.29) is 18.1 Å². The van der Waals surface area contributed by atoms with Crippen LogP contribution in [-0.2, 0) is 4.79 Å². The fourth-order valence-corrected chi connectivity index (χ4v) is 4.83. The normalized spacial score (nSPS) is 20.1. The van der Waals surface area contributed by atoms with Crippen molar-refractivity contribution in [2.75, 3.05) is 43.9 Å². The number of carbonyl (C=O) groups excluding carboxylic acids is 1. The predicted octanol–water partition coefficient (Wildman–Crippen LogP) is 3.65. The van der Waals surface area contributed by atoms with Crippen molar-refractivity contribution < 1.29 is 9.53 Å². The SMILES string of the molecule is C=CC(=O)N1CCCC(Nc2cc(OC3CCN(C)CC3)cc(Nc3ncc(C)s3)n2)C1. The highest BCUT2D eigenvalue weighted by Crippen LogP contribution is 2.28. The summed E-state index contributed by atoms with van der Waals surface area (Å²) in [5, 5.41) is 7.64. The van der Waals surface area contributed by atoms with Gasteiger partial charge in [0.15, 0.2) is 5.13 Å². The molecule has 8 nitrogen and oxygen atoms in total. The Labute approximate surface area is 193 Å². The van der Waals surface area contributed by atoms with Crippen LogP contribution in [0.3, 0.4) is 0 Å². The van der Waals surface area contributed by atoms with Crippen LogP contribution in [0.1, 0.15) is 30.6 Å². The Bertz CT molecular complexity index is 940. The monoisotopic (exact) mass is 456 g/mol. The maximum Gasteiger partial charge on any atom is 0.246 e. The number of hydrogen-bond donors (Lipinski definition) is 2. The molecule has 2 fully saturated rings. The van der Waals surface area contributed by atoms with Crippen LogP contribution in [0.2, 0.25) is 0 Å². The highest BCUT2D eigenvalue weighted by atomic mass is 32.1. The van der Waals surface area contributed by atoms with Crippen molar-refractivity contribution in [3.05, 3.63) is 35.9 Å². The molecule has 2 saturated heterocycles. The van der Waals surface area contributed by atoms with Gasteiger partial charge in [0.05, 0.1) is 0 Å². The maximum atomic E-state index is 12.0. The standard InChI is InChI=1S/C23H32N6O2S/c1-4-22(30)29-9-5-6-17(15-29)25-20-12-19(31-18-7-10-28(3)11-8-18)13-21(26-20)27-23-24-14-16(2)32-23/h4,12-14,17-18H,1,5-11,15H2,2-3H3,(H2,24,25,26,27). The first kappa shape index (κ1) is 22.5. The van der Waals surface area contributed by atoms with Crippen molar-refractivity contribution in [2.45, 2.75) is 44.8 Å². The summed E-state index contributed by atoms with van der Waals surface area (Å²) in [5.74, 6) is 2.21. The molecule has 4 heterocycles. The fraction of sp³-hybridized carbons (Fsp3) is 0.522. The number of carbonyl (C=O) groups is 1. The first-order valence-corrected chi connectivity index (χ1v) is 12.0. The number of ether oxygens (including phenoxy) is 1. The van der Waals surface area contributed by atoms with Gasteiger partial charge in [-0.2, -0.15) is 0 Å². The number of hydrogen-bond acceptors (Lipinski definition) is 8. The summed E-state index contributed by atoms with van der Waals surface area (Å²) in [6.07, 6.45) is 7.39. The van der Waals surface area contributed by atoms with E-state index in [4.69, 9.17) is 9.72 Å². The first-order valence-electron chi connectivity index (χ1n) is 11.2. The van der Waals surface area contributed by atoms with E-state index < -0.39 is 0 Å². The molecule has 1 amide bonds. The molecule has 2 aliphatic heterocycles. The summed E-state index contributed by atoms with van der Waals surface area (Å²) in [5.41, 5.74) is 0. The number of anilines is 3. The number of thiazole rings is 1. The van der Waals surface area contributed by atoms with Crippen LogP contribution in [-0.4, -0.2) is 71.0 Å². The van der Waals surface area contributed by atoms with E-state index in [1.54, 1.807) is 11.3 Å². The summed E-state index contributed by atoms with van der Waals surface area (Å²) < 4.78 is 6.35. The molecule has 9 heteroatoms. The van der Waals surface area contributed by atoms with E-state index in [0.29, 0.717) is 12.4 Å². The summed E-state index contributed by atoms with van der Waals surface area (Å²) in [6.45, 7) is 9.14. The first-order chi connectivity index (χ1) is 15.5. The van der Waals surface area contributed by atoms with Gasteiger partial charge in [-0.25, -0.2) is 9.97 Å². The Hall–Kier alpha value is -2.65. The van der Waals surface area contributed by atoms with Gasteiger partial charge in [0.1, 0.15) is 23.5 Å². The van der Waals surface area contributed by atoms with Crippen molar-refractivity contribution >= 4 is 34.0 Å². The lowest BCUT2D eigenvalue weighted by atomic mass is 10.1. The average Bonchev–Trinajstić information content (AvgIpc) is 3.19. The Morgan fingerprint density at radius 3 is 2.75 bits per heavy atom. The molecular formula is C23H32N6O2S. The van der Waals surface area contributed by atoms with E-state index >= 15 is 0 Å². The molecule has 2 aromatic heterocycles. The van der Waals surface area contributed by atoms with E-state index in [1.165, 1.54) is 6.08 Å². The van der Waals surface area contributed by atoms with E-state index in [0.717, 1.165) is 66.9 Å². The lowest BCUT2D eigenvalue weighted by molar-refractivity contribution is -0.127. The van der Waals surface area contributed by atoms with Crippen LogP contribution >= 0.6 is 11.3 Å². The maximum absolute atomic E-state index is 12.0. The number of aryl methyl sites for hydroxylation is 1. The zero-order chi connectivity index (χ0) is 22.5. The van der Waals surface area contributed by atoms with Crippen LogP contribution in [0.15, 0.2) is 31.0 Å². The zero-order valence-electron chi connectivity index (χ0n) is 18.8.